The molecule has 0 saturated carbocycles. The molecule has 0 bridgehead atoms. The summed E-state index contributed by atoms with van der Waals surface area (Å²) in [5.74, 6) is 1.13. The van der Waals surface area contributed by atoms with Crippen LogP contribution in [0.3, 0.4) is 0 Å². The first-order chi connectivity index (χ1) is 8.15. The molecule has 0 aromatic carbocycles. The molecule has 6 heteroatoms. The zero-order valence-corrected chi connectivity index (χ0v) is 11.2. The van der Waals surface area contributed by atoms with Gasteiger partial charge in [-0.2, -0.15) is 4.98 Å². The van der Waals surface area contributed by atoms with Crippen molar-refractivity contribution in [1.29, 1.82) is 0 Å². The Morgan fingerprint density at radius 3 is 2.94 bits per heavy atom. The summed E-state index contributed by atoms with van der Waals surface area (Å²) in [6.07, 6.45) is 3.40. The Kier molecular flexibility index (Phi) is 3.86. The molecule has 0 fully saturated rings. The third-order valence-corrected chi connectivity index (χ3v) is 2.52. The van der Waals surface area contributed by atoms with E-state index in [9.17, 15) is 0 Å². The minimum atomic E-state index is 0.393. The van der Waals surface area contributed by atoms with E-state index in [1.165, 1.54) is 0 Å². The first-order valence-corrected chi connectivity index (χ1v) is 6.11. The molecule has 90 valence electrons. The summed E-state index contributed by atoms with van der Waals surface area (Å²) >= 11 is 3.35. The van der Waals surface area contributed by atoms with Gasteiger partial charge >= 0.3 is 0 Å². The van der Waals surface area contributed by atoms with Crippen LogP contribution in [-0.2, 0) is 6.54 Å². The summed E-state index contributed by atoms with van der Waals surface area (Å²) < 4.78 is 6.06. The Bertz CT molecular complexity index is 498. The molecular formula is C11H13BrN4O. The lowest BCUT2D eigenvalue weighted by Gasteiger charge is -2.03. The third-order valence-electron chi connectivity index (χ3n) is 2.09. The van der Waals surface area contributed by atoms with E-state index < -0.39 is 0 Å². The standard InChI is InChI=1S/C11H13BrN4O/c1-7(2)14-6-10-15-11(17-16-10)8-3-9(12)5-13-4-8/h3-5,7,14H,6H2,1-2H3. The summed E-state index contributed by atoms with van der Waals surface area (Å²) in [4.78, 5) is 8.35. The van der Waals surface area contributed by atoms with Gasteiger partial charge < -0.3 is 9.84 Å². The summed E-state index contributed by atoms with van der Waals surface area (Å²) in [5, 5.41) is 7.13. The molecule has 0 amide bonds. The third kappa shape index (κ3) is 3.34. The van der Waals surface area contributed by atoms with Crippen LogP contribution in [0.4, 0.5) is 0 Å². The Hall–Kier alpha value is -1.27. The highest BCUT2D eigenvalue weighted by Gasteiger charge is 2.09. The molecule has 1 N–H and O–H groups in total. The number of hydrogen-bond donors (Lipinski definition) is 1. The molecule has 0 aliphatic carbocycles. The Balaban J connectivity index is 2.12. The van der Waals surface area contributed by atoms with Gasteiger partial charge in [-0.15, -0.1) is 0 Å². The lowest BCUT2D eigenvalue weighted by molar-refractivity contribution is 0.417. The number of nitrogens with zero attached hydrogens (tertiary/aromatic N) is 3. The van der Waals surface area contributed by atoms with Gasteiger partial charge in [0.05, 0.1) is 12.1 Å². The van der Waals surface area contributed by atoms with Crippen LogP contribution in [0, 0.1) is 0 Å². The summed E-state index contributed by atoms with van der Waals surface area (Å²) in [6, 6.07) is 2.28. The zero-order valence-electron chi connectivity index (χ0n) is 9.64. The van der Waals surface area contributed by atoms with E-state index in [1.54, 1.807) is 12.4 Å². The minimum Gasteiger partial charge on any atom is -0.334 e. The SMILES string of the molecule is CC(C)NCc1noc(-c2cncc(Br)c2)n1. The van der Waals surface area contributed by atoms with E-state index in [-0.39, 0.29) is 0 Å². The van der Waals surface area contributed by atoms with Crippen molar-refractivity contribution in [2.75, 3.05) is 0 Å². The summed E-state index contributed by atoms with van der Waals surface area (Å²) in [7, 11) is 0. The van der Waals surface area contributed by atoms with Gasteiger partial charge in [-0.1, -0.05) is 19.0 Å². The molecule has 0 aliphatic heterocycles. The topological polar surface area (TPSA) is 63.8 Å². The quantitative estimate of drug-likeness (QED) is 0.938. The number of nitrogens with one attached hydrogen (secondary N) is 1. The van der Waals surface area contributed by atoms with Gasteiger partial charge in [0.2, 0.25) is 0 Å². The van der Waals surface area contributed by atoms with Crippen LogP contribution in [0.1, 0.15) is 19.7 Å². The first kappa shape index (κ1) is 12.2. The monoisotopic (exact) mass is 296 g/mol. The van der Waals surface area contributed by atoms with E-state index in [4.69, 9.17) is 4.52 Å². The van der Waals surface area contributed by atoms with Crippen molar-refractivity contribution in [3.8, 4) is 11.5 Å². The molecule has 0 spiro atoms. The number of rotatable bonds is 4. The molecule has 0 radical (unpaired) electrons. The fraction of sp³-hybridized carbons (Fsp3) is 0.364. The van der Waals surface area contributed by atoms with Crippen molar-refractivity contribution >= 4 is 15.9 Å². The van der Waals surface area contributed by atoms with Crippen LogP contribution >= 0.6 is 15.9 Å². The summed E-state index contributed by atoms with van der Waals surface area (Å²) in [5.41, 5.74) is 0.808. The van der Waals surface area contributed by atoms with Crippen LogP contribution in [-0.4, -0.2) is 21.2 Å². The Morgan fingerprint density at radius 1 is 1.41 bits per heavy atom. The van der Waals surface area contributed by atoms with E-state index in [0.29, 0.717) is 24.3 Å². The highest BCUT2D eigenvalue weighted by Crippen LogP contribution is 2.19. The van der Waals surface area contributed by atoms with Crippen molar-refractivity contribution in [1.82, 2.24) is 20.4 Å². The fourth-order valence-corrected chi connectivity index (χ4v) is 1.63. The second-order valence-corrected chi connectivity index (χ2v) is 4.86. The second-order valence-electron chi connectivity index (χ2n) is 3.94. The maximum absolute atomic E-state index is 5.18. The van der Waals surface area contributed by atoms with Crippen LogP contribution in [0.15, 0.2) is 27.5 Å². The van der Waals surface area contributed by atoms with Gasteiger partial charge in [0.15, 0.2) is 5.82 Å². The molecule has 0 aliphatic rings. The van der Waals surface area contributed by atoms with Gasteiger partial charge in [0.25, 0.3) is 5.89 Å². The number of aromatic nitrogens is 3. The Labute approximate surface area is 108 Å². The summed E-state index contributed by atoms with van der Waals surface area (Å²) in [6.45, 7) is 4.74. The molecule has 2 rings (SSSR count). The lowest BCUT2D eigenvalue weighted by Crippen LogP contribution is -2.22. The van der Waals surface area contributed by atoms with Crippen LogP contribution in [0.2, 0.25) is 0 Å². The molecule has 2 heterocycles. The van der Waals surface area contributed by atoms with Gasteiger partial charge in [-0.3, -0.25) is 4.98 Å². The maximum atomic E-state index is 5.18. The van der Waals surface area contributed by atoms with Crippen molar-refractivity contribution in [2.45, 2.75) is 26.4 Å². The van der Waals surface area contributed by atoms with E-state index in [0.717, 1.165) is 10.0 Å². The van der Waals surface area contributed by atoms with Crippen LogP contribution in [0.5, 0.6) is 0 Å². The molecule has 0 atom stereocenters. The van der Waals surface area contributed by atoms with Gasteiger partial charge in [0.1, 0.15) is 0 Å². The van der Waals surface area contributed by atoms with E-state index in [2.05, 4.69) is 50.2 Å². The highest BCUT2D eigenvalue weighted by atomic mass is 79.9. The Morgan fingerprint density at radius 2 is 2.24 bits per heavy atom. The zero-order chi connectivity index (χ0) is 12.3. The van der Waals surface area contributed by atoms with E-state index >= 15 is 0 Å². The first-order valence-electron chi connectivity index (χ1n) is 5.32. The average molecular weight is 297 g/mol. The van der Waals surface area contributed by atoms with Crippen molar-refractivity contribution in [2.24, 2.45) is 0 Å². The maximum Gasteiger partial charge on any atom is 0.259 e. The lowest BCUT2D eigenvalue weighted by atomic mass is 10.3. The van der Waals surface area contributed by atoms with Crippen LogP contribution in [0.25, 0.3) is 11.5 Å². The second kappa shape index (κ2) is 5.37. The number of hydrogen-bond acceptors (Lipinski definition) is 5. The average Bonchev–Trinajstić information content (AvgIpc) is 2.75. The van der Waals surface area contributed by atoms with Gasteiger partial charge in [-0.05, 0) is 22.0 Å². The molecule has 0 unspecified atom stereocenters. The molecule has 2 aromatic heterocycles. The van der Waals surface area contributed by atoms with Gasteiger partial charge in [-0.25, -0.2) is 0 Å². The molecule has 17 heavy (non-hydrogen) atoms. The van der Waals surface area contributed by atoms with Crippen molar-refractivity contribution < 1.29 is 4.52 Å². The van der Waals surface area contributed by atoms with E-state index in [1.807, 2.05) is 6.07 Å². The number of halogens is 1. The largest absolute Gasteiger partial charge is 0.334 e. The fourth-order valence-electron chi connectivity index (χ4n) is 1.27. The van der Waals surface area contributed by atoms with Crippen LogP contribution < -0.4 is 5.32 Å². The normalized spacial score (nSPS) is 11.1. The smallest absolute Gasteiger partial charge is 0.259 e. The number of pyridine rings is 1. The molecule has 0 saturated heterocycles. The minimum absolute atomic E-state index is 0.393. The predicted octanol–water partition coefficient (Wildman–Crippen LogP) is 2.39. The molecule has 2 aromatic rings. The van der Waals surface area contributed by atoms with Crippen molar-refractivity contribution in [3.05, 3.63) is 28.8 Å². The predicted molar refractivity (Wildman–Crippen MR) is 67.2 cm³/mol. The van der Waals surface area contributed by atoms with Crippen molar-refractivity contribution in [3.63, 3.8) is 0 Å². The molecular weight excluding hydrogens is 284 g/mol. The molecule has 5 nitrogen and oxygen atoms in total. The van der Waals surface area contributed by atoms with Gasteiger partial charge in [0, 0.05) is 22.9 Å². The highest BCUT2D eigenvalue weighted by molar-refractivity contribution is 9.10.